The van der Waals surface area contributed by atoms with Gasteiger partial charge in [0.15, 0.2) is 0 Å². The van der Waals surface area contributed by atoms with Crippen LogP contribution in [0.4, 0.5) is 0 Å². The van der Waals surface area contributed by atoms with E-state index in [0.29, 0.717) is 11.2 Å². The third kappa shape index (κ3) is 2.75. The van der Waals surface area contributed by atoms with Crippen molar-refractivity contribution in [2.45, 2.75) is 38.6 Å². The highest BCUT2D eigenvalue weighted by Gasteiger charge is 2.20. The first-order valence-corrected chi connectivity index (χ1v) is 9.74. The van der Waals surface area contributed by atoms with Crippen LogP contribution < -0.4 is 5.32 Å². The minimum Gasteiger partial charge on any atom is -0.317 e. The van der Waals surface area contributed by atoms with Gasteiger partial charge >= 0.3 is 0 Å². The lowest BCUT2D eigenvalue weighted by molar-refractivity contribution is 0.455. The second-order valence-corrected chi connectivity index (χ2v) is 7.82. The molecule has 4 nitrogen and oxygen atoms in total. The van der Waals surface area contributed by atoms with Crippen molar-refractivity contribution in [1.82, 2.24) is 19.9 Å². The van der Waals surface area contributed by atoms with Gasteiger partial charge in [-0.3, -0.25) is 0 Å². The highest BCUT2D eigenvalue weighted by atomic mass is 35.5. The summed E-state index contributed by atoms with van der Waals surface area (Å²) in [4.78, 5) is 9.55. The summed E-state index contributed by atoms with van der Waals surface area (Å²) in [6, 6.07) is 6.53. The molecule has 3 aromatic rings. The Hall–Kier alpha value is -1.43. The Balaban J connectivity index is 1.77. The number of hydrogen-bond acceptors (Lipinski definition) is 4. The molecule has 0 unspecified atom stereocenters. The van der Waals surface area contributed by atoms with Gasteiger partial charge in [-0.05, 0) is 63.5 Å². The number of nitrogens with one attached hydrogen (secondary N) is 1. The molecule has 126 valence electrons. The summed E-state index contributed by atoms with van der Waals surface area (Å²) in [6.45, 7) is 6.42. The van der Waals surface area contributed by atoms with Crippen LogP contribution in [0.1, 0.15) is 44.3 Å². The van der Waals surface area contributed by atoms with Gasteiger partial charge in [-0.25, -0.2) is 9.97 Å². The Kier molecular flexibility index (Phi) is 4.33. The Morgan fingerprint density at radius 1 is 1.25 bits per heavy atom. The molecule has 2 aromatic heterocycles. The van der Waals surface area contributed by atoms with Crippen LogP contribution in [0.3, 0.4) is 0 Å². The number of hydrogen-bond donors (Lipinski definition) is 1. The zero-order chi connectivity index (χ0) is 16.7. The van der Waals surface area contributed by atoms with Gasteiger partial charge in [0.25, 0.3) is 0 Å². The van der Waals surface area contributed by atoms with E-state index in [4.69, 9.17) is 16.6 Å². The topological polar surface area (TPSA) is 42.7 Å². The van der Waals surface area contributed by atoms with Crippen LogP contribution in [0.2, 0.25) is 5.28 Å². The summed E-state index contributed by atoms with van der Waals surface area (Å²) in [5.74, 6) is 0.576. The maximum atomic E-state index is 6.38. The van der Waals surface area contributed by atoms with E-state index in [9.17, 15) is 0 Å². The Bertz CT molecular complexity index is 861. The fraction of sp³-hybridized carbons (Fsp3) is 0.444. The molecule has 6 heteroatoms. The van der Waals surface area contributed by atoms with Crippen LogP contribution in [0.25, 0.3) is 21.6 Å². The van der Waals surface area contributed by atoms with Crippen LogP contribution in [0, 0.1) is 0 Å². The predicted octanol–water partition coefficient (Wildman–Crippen LogP) is 4.86. The lowest BCUT2D eigenvalue weighted by Crippen LogP contribution is -2.26. The lowest BCUT2D eigenvalue weighted by Gasteiger charge is -2.20. The van der Waals surface area contributed by atoms with Gasteiger partial charge in [0.2, 0.25) is 5.28 Å². The normalized spacial score (nSPS) is 16.3. The molecular formula is C18H21ClN4S. The number of para-hydroxylation sites is 1. The Morgan fingerprint density at radius 2 is 2.04 bits per heavy atom. The first kappa shape index (κ1) is 16.1. The summed E-state index contributed by atoms with van der Waals surface area (Å²) >= 11 is 8.09. The molecule has 0 amide bonds. The standard InChI is InChI=1S/C18H21ClN4S/c1-11(2)23-15-5-3-4-13(16(15)22-18(23)19)17-21-14(10-24-17)12-6-8-20-9-7-12/h3-5,10-12,20H,6-9H2,1-2H3. The molecule has 1 N–H and O–H groups in total. The van der Waals surface area contributed by atoms with Crippen LogP contribution >= 0.6 is 22.9 Å². The minimum absolute atomic E-state index is 0.277. The maximum Gasteiger partial charge on any atom is 0.204 e. The molecule has 24 heavy (non-hydrogen) atoms. The smallest absolute Gasteiger partial charge is 0.204 e. The van der Waals surface area contributed by atoms with Crippen LogP contribution in [-0.2, 0) is 0 Å². The number of rotatable bonds is 3. The number of fused-ring (bicyclic) bond motifs is 1. The molecule has 1 saturated heterocycles. The van der Waals surface area contributed by atoms with E-state index in [1.807, 2.05) is 0 Å². The number of aromatic nitrogens is 3. The molecule has 1 aromatic carbocycles. The third-order valence-electron chi connectivity index (χ3n) is 4.70. The Labute approximate surface area is 150 Å². The fourth-order valence-electron chi connectivity index (χ4n) is 3.47. The molecular weight excluding hydrogens is 340 g/mol. The molecule has 0 saturated carbocycles. The average molecular weight is 361 g/mol. The van der Waals surface area contributed by atoms with Crippen molar-refractivity contribution < 1.29 is 0 Å². The largest absolute Gasteiger partial charge is 0.317 e. The SMILES string of the molecule is CC(C)n1c(Cl)nc2c(-c3nc(C4CCNCC4)cs3)cccc21. The molecule has 0 aliphatic carbocycles. The molecule has 1 aliphatic heterocycles. The number of imidazole rings is 1. The third-order valence-corrected chi connectivity index (χ3v) is 5.86. The summed E-state index contributed by atoms with van der Waals surface area (Å²) in [7, 11) is 0. The van der Waals surface area contributed by atoms with Gasteiger partial charge in [-0.1, -0.05) is 6.07 Å². The lowest BCUT2D eigenvalue weighted by atomic mass is 9.95. The molecule has 0 bridgehead atoms. The van der Waals surface area contributed by atoms with E-state index in [-0.39, 0.29) is 6.04 Å². The van der Waals surface area contributed by atoms with Crippen LogP contribution in [0.15, 0.2) is 23.6 Å². The van der Waals surface area contributed by atoms with E-state index >= 15 is 0 Å². The number of piperidine rings is 1. The summed E-state index contributed by atoms with van der Waals surface area (Å²) in [5, 5.41) is 7.21. The highest BCUT2D eigenvalue weighted by Crippen LogP contribution is 2.35. The second kappa shape index (κ2) is 6.47. The van der Waals surface area contributed by atoms with Gasteiger partial charge in [-0.15, -0.1) is 11.3 Å². The molecule has 1 fully saturated rings. The molecule has 4 rings (SSSR count). The minimum atomic E-state index is 0.277. The molecule has 0 radical (unpaired) electrons. The van der Waals surface area contributed by atoms with Crippen molar-refractivity contribution in [3.8, 4) is 10.6 Å². The molecule has 0 atom stereocenters. The predicted molar refractivity (Wildman–Crippen MR) is 101 cm³/mol. The van der Waals surface area contributed by atoms with Crippen LogP contribution in [-0.4, -0.2) is 27.6 Å². The van der Waals surface area contributed by atoms with Crippen molar-refractivity contribution in [2.75, 3.05) is 13.1 Å². The van der Waals surface area contributed by atoms with Gasteiger partial charge in [0.05, 0.1) is 11.2 Å². The monoisotopic (exact) mass is 360 g/mol. The molecule has 3 heterocycles. The van der Waals surface area contributed by atoms with Crippen molar-refractivity contribution >= 4 is 34.0 Å². The van der Waals surface area contributed by atoms with E-state index < -0.39 is 0 Å². The molecule has 0 spiro atoms. The van der Waals surface area contributed by atoms with Gasteiger partial charge < -0.3 is 9.88 Å². The van der Waals surface area contributed by atoms with E-state index in [1.54, 1.807) is 11.3 Å². The van der Waals surface area contributed by atoms with Crippen molar-refractivity contribution in [2.24, 2.45) is 0 Å². The van der Waals surface area contributed by atoms with Crippen molar-refractivity contribution in [3.63, 3.8) is 0 Å². The molecule has 1 aliphatic rings. The first-order valence-electron chi connectivity index (χ1n) is 8.48. The number of thiazole rings is 1. The number of halogens is 1. The summed E-state index contributed by atoms with van der Waals surface area (Å²) in [6.07, 6.45) is 2.34. The number of nitrogens with zero attached hydrogens (tertiary/aromatic N) is 3. The fourth-order valence-corrected chi connectivity index (χ4v) is 4.77. The number of benzene rings is 1. The van der Waals surface area contributed by atoms with Gasteiger partial charge in [-0.2, -0.15) is 0 Å². The summed E-state index contributed by atoms with van der Waals surface area (Å²) in [5.41, 5.74) is 4.33. The van der Waals surface area contributed by atoms with E-state index in [0.717, 1.165) is 34.7 Å². The second-order valence-electron chi connectivity index (χ2n) is 6.62. The zero-order valence-electron chi connectivity index (χ0n) is 13.9. The summed E-state index contributed by atoms with van der Waals surface area (Å²) < 4.78 is 2.07. The van der Waals surface area contributed by atoms with Gasteiger partial charge in [0.1, 0.15) is 10.5 Å². The quantitative estimate of drug-likeness (QED) is 0.725. The zero-order valence-corrected chi connectivity index (χ0v) is 15.5. The highest BCUT2D eigenvalue weighted by molar-refractivity contribution is 7.13. The van der Waals surface area contributed by atoms with E-state index in [2.05, 4.69) is 52.3 Å². The van der Waals surface area contributed by atoms with Crippen molar-refractivity contribution in [1.29, 1.82) is 0 Å². The van der Waals surface area contributed by atoms with Gasteiger partial charge in [0, 0.05) is 22.9 Å². The first-order chi connectivity index (χ1) is 11.6. The van der Waals surface area contributed by atoms with Crippen LogP contribution in [0.5, 0.6) is 0 Å². The maximum absolute atomic E-state index is 6.38. The average Bonchev–Trinajstić information content (AvgIpc) is 3.19. The van der Waals surface area contributed by atoms with E-state index in [1.165, 1.54) is 18.5 Å². The Morgan fingerprint density at radius 3 is 2.79 bits per heavy atom. The van der Waals surface area contributed by atoms with Crippen molar-refractivity contribution in [3.05, 3.63) is 34.6 Å².